The fraction of sp³-hybridized carbons (Fsp3) is 0.667. The Kier molecular flexibility index (Phi) is 1.67. The first kappa shape index (κ1) is 6.87. The summed E-state index contributed by atoms with van der Waals surface area (Å²) in [6.45, 7) is 2.11. The number of hydrogen-bond acceptors (Lipinski definition) is 2. The number of nitriles is 1. The first-order valence-corrected chi connectivity index (χ1v) is 4.23. The molecule has 0 atom stereocenters. The minimum absolute atomic E-state index is 0.853. The standard InChI is InChI=1S/C9H12N2/c10-7-8-3-5-11(6-4-8)9-1-2-9/h3,9H,1-2,4-6H2. The van der Waals surface area contributed by atoms with Gasteiger partial charge in [0.2, 0.25) is 0 Å². The Labute approximate surface area is 67.1 Å². The van der Waals surface area contributed by atoms with Crippen LogP contribution in [0.2, 0.25) is 0 Å². The molecule has 1 aliphatic carbocycles. The first-order chi connectivity index (χ1) is 5.40. The van der Waals surface area contributed by atoms with Crippen molar-refractivity contribution in [3.63, 3.8) is 0 Å². The van der Waals surface area contributed by atoms with E-state index in [1.54, 1.807) is 0 Å². The van der Waals surface area contributed by atoms with Crippen LogP contribution in [0.25, 0.3) is 0 Å². The lowest BCUT2D eigenvalue weighted by molar-refractivity contribution is 0.285. The van der Waals surface area contributed by atoms with Gasteiger partial charge in [0, 0.05) is 24.7 Å². The molecule has 0 unspecified atom stereocenters. The van der Waals surface area contributed by atoms with Crippen molar-refractivity contribution in [2.75, 3.05) is 13.1 Å². The molecule has 1 aliphatic heterocycles. The Morgan fingerprint density at radius 2 is 2.36 bits per heavy atom. The van der Waals surface area contributed by atoms with Crippen LogP contribution in [0, 0.1) is 11.3 Å². The zero-order valence-corrected chi connectivity index (χ0v) is 6.58. The summed E-state index contributed by atoms with van der Waals surface area (Å²) in [5.41, 5.74) is 0.974. The number of rotatable bonds is 1. The Balaban J connectivity index is 1.94. The highest BCUT2D eigenvalue weighted by Gasteiger charge is 2.29. The van der Waals surface area contributed by atoms with Crippen molar-refractivity contribution in [3.05, 3.63) is 11.6 Å². The second kappa shape index (κ2) is 2.67. The summed E-state index contributed by atoms with van der Waals surface area (Å²) in [7, 11) is 0. The van der Waals surface area contributed by atoms with Gasteiger partial charge in [-0.3, -0.25) is 4.90 Å². The largest absolute Gasteiger partial charge is 0.296 e. The van der Waals surface area contributed by atoms with Crippen molar-refractivity contribution in [1.82, 2.24) is 4.90 Å². The fourth-order valence-corrected chi connectivity index (χ4v) is 1.56. The molecule has 0 aromatic rings. The van der Waals surface area contributed by atoms with E-state index in [4.69, 9.17) is 5.26 Å². The molecule has 58 valence electrons. The number of nitrogens with zero attached hydrogens (tertiary/aromatic N) is 2. The van der Waals surface area contributed by atoms with Crippen LogP contribution in [0.5, 0.6) is 0 Å². The van der Waals surface area contributed by atoms with Crippen LogP contribution in [0.15, 0.2) is 11.6 Å². The normalized spacial score (nSPS) is 25.9. The van der Waals surface area contributed by atoms with Crippen LogP contribution >= 0.6 is 0 Å². The van der Waals surface area contributed by atoms with Crippen molar-refractivity contribution < 1.29 is 0 Å². The molecule has 2 rings (SSSR count). The van der Waals surface area contributed by atoms with E-state index in [0.717, 1.165) is 31.1 Å². The lowest BCUT2D eigenvalue weighted by Gasteiger charge is -2.23. The molecule has 0 aromatic carbocycles. The highest BCUT2D eigenvalue weighted by molar-refractivity contribution is 5.23. The van der Waals surface area contributed by atoms with Crippen LogP contribution in [-0.4, -0.2) is 24.0 Å². The van der Waals surface area contributed by atoms with Crippen molar-refractivity contribution in [1.29, 1.82) is 5.26 Å². The van der Waals surface area contributed by atoms with Crippen molar-refractivity contribution >= 4 is 0 Å². The van der Waals surface area contributed by atoms with Crippen LogP contribution in [0.1, 0.15) is 19.3 Å². The van der Waals surface area contributed by atoms with Gasteiger partial charge in [0.15, 0.2) is 0 Å². The maximum absolute atomic E-state index is 8.59. The van der Waals surface area contributed by atoms with Crippen molar-refractivity contribution in [3.8, 4) is 6.07 Å². The highest BCUT2D eigenvalue weighted by atomic mass is 15.2. The lowest BCUT2D eigenvalue weighted by atomic mass is 10.1. The van der Waals surface area contributed by atoms with E-state index in [2.05, 4.69) is 17.0 Å². The molecule has 2 aliphatic rings. The SMILES string of the molecule is N#CC1=CCN(C2CC2)CC1. The van der Waals surface area contributed by atoms with E-state index in [1.807, 2.05) is 0 Å². The molecule has 11 heavy (non-hydrogen) atoms. The minimum atomic E-state index is 0.853. The van der Waals surface area contributed by atoms with Gasteiger partial charge in [-0.15, -0.1) is 0 Å². The molecular formula is C9H12N2. The molecule has 2 nitrogen and oxygen atoms in total. The molecular weight excluding hydrogens is 136 g/mol. The van der Waals surface area contributed by atoms with Crippen molar-refractivity contribution in [2.24, 2.45) is 0 Å². The first-order valence-electron chi connectivity index (χ1n) is 4.23. The Hall–Kier alpha value is -0.810. The Morgan fingerprint density at radius 3 is 2.82 bits per heavy atom. The van der Waals surface area contributed by atoms with Gasteiger partial charge in [-0.2, -0.15) is 5.26 Å². The highest BCUT2D eigenvalue weighted by Crippen LogP contribution is 2.28. The van der Waals surface area contributed by atoms with Crippen LogP contribution in [-0.2, 0) is 0 Å². The average molecular weight is 148 g/mol. The monoisotopic (exact) mass is 148 g/mol. The van der Waals surface area contributed by atoms with Crippen molar-refractivity contribution in [2.45, 2.75) is 25.3 Å². The predicted octanol–water partition coefficient (Wildman–Crippen LogP) is 1.30. The maximum Gasteiger partial charge on any atom is 0.0944 e. The molecule has 0 spiro atoms. The lowest BCUT2D eigenvalue weighted by Crippen LogP contribution is -2.30. The van der Waals surface area contributed by atoms with E-state index in [9.17, 15) is 0 Å². The van der Waals surface area contributed by atoms with Gasteiger partial charge in [-0.25, -0.2) is 0 Å². The summed E-state index contributed by atoms with van der Waals surface area (Å²) < 4.78 is 0. The van der Waals surface area contributed by atoms with Crippen LogP contribution in [0.3, 0.4) is 0 Å². The van der Waals surface area contributed by atoms with E-state index in [0.29, 0.717) is 0 Å². The Morgan fingerprint density at radius 1 is 1.55 bits per heavy atom. The molecule has 1 saturated carbocycles. The second-order valence-corrected chi connectivity index (χ2v) is 3.32. The van der Waals surface area contributed by atoms with Crippen LogP contribution in [0.4, 0.5) is 0 Å². The number of hydrogen-bond donors (Lipinski definition) is 0. The summed E-state index contributed by atoms with van der Waals surface area (Å²) in [5, 5.41) is 8.59. The molecule has 0 aromatic heterocycles. The quantitative estimate of drug-likeness (QED) is 0.560. The third-order valence-corrected chi connectivity index (χ3v) is 2.45. The summed E-state index contributed by atoms with van der Waals surface area (Å²) in [4.78, 5) is 2.47. The van der Waals surface area contributed by atoms with E-state index in [-0.39, 0.29) is 0 Å². The maximum atomic E-state index is 8.59. The summed E-state index contributed by atoms with van der Waals surface area (Å²) in [6.07, 6.45) is 5.78. The molecule has 0 amide bonds. The smallest absolute Gasteiger partial charge is 0.0944 e. The molecule has 0 radical (unpaired) electrons. The van der Waals surface area contributed by atoms with Gasteiger partial charge in [-0.1, -0.05) is 6.08 Å². The topological polar surface area (TPSA) is 27.0 Å². The van der Waals surface area contributed by atoms with Gasteiger partial charge in [0.25, 0.3) is 0 Å². The molecule has 0 saturated heterocycles. The van der Waals surface area contributed by atoms with E-state index >= 15 is 0 Å². The third kappa shape index (κ3) is 1.44. The second-order valence-electron chi connectivity index (χ2n) is 3.32. The fourth-order valence-electron chi connectivity index (χ4n) is 1.56. The molecule has 2 heteroatoms. The van der Waals surface area contributed by atoms with Gasteiger partial charge < -0.3 is 0 Å². The summed E-state index contributed by atoms with van der Waals surface area (Å²) in [6, 6.07) is 3.07. The summed E-state index contributed by atoms with van der Waals surface area (Å²) in [5.74, 6) is 0. The van der Waals surface area contributed by atoms with Gasteiger partial charge in [-0.05, 0) is 19.3 Å². The third-order valence-electron chi connectivity index (χ3n) is 2.45. The van der Waals surface area contributed by atoms with E-state index < -0.39 is 0 Å². The van der Waals surface area contributed by atoms with Crippen LogP contribution < -0.4 is 0 Å². The minimum Gasteiger partial charge on any atom is -0.296 e. The predicted molar refractivity (Wildman–Crippen MR) is 42.9 cm³/mol. The van der Waals surface area contributed by atoms with Gasteiger partial charge >= 0.3 is 0 Å². The van der Waals surface area contributed by atoms with Gasteiger partial charge in [0.1, 0.15) is 0 Å². The molecule has 1 heterocycles. The molecule has 0 N–H and O–H groups in total. The van der Waals surface area contributed by atoms with Gasteiger partial charge in [0.05, 0.1) is 6.07 Å². The Bertz CT molecular complexity index is 220. The zero-order valence-electron chi connectivity index (χ0n) is 6.58. The zero-order chi connectivity index (χ0) is 7.68. The summed E-state index contributed by atoms with van der Waals surface area (Å²) >= 11 is 0. The van der Waals surface area contributed by atoms with E-state index in [1.165, 1.54) is 12.8 Å². The molecule has 0 bridgehead atoms. The molecule has 1 fully saturated rings. The average Bonchev–Trinajstić information content (AvgIpc) is 2.87.